The van der Waals surface area contributed by atoms with Crippen molar-refractivity contribution >= 4 is 43.2 Å². The van der Waals surface area contributed by atoms with Crippen molar-refractivity contribution in [3.8, 4) is 0 Å². The number of nitrogens with zero attached hydrogens (tertiary/aromatic N) is 1. The van der Waals surface area contributed by atoms with Crippen LogP contribution < -0.4 is 5.32 Å². The quantitative estimate of drug-likeness (QED) is 0.835. The molecule has 0 spiro atoms. The van der Waals surface area contributed by atoms with Crippen LogP contribution in [0.1, 0.15) is 15.2 Å². The van der Waals surface area contributed by atoms with Gasteiger partial charge in [0.1, 0.15) is 0 Å². The van der Waals surface area contributed by atoms with E-state index in [9.17, 15) is 13.2 Å². The number of carbonyl (C=O) groups is 1. The number of hydrogen-bond donors (Lipinski definition) is 1. The molecule has 22 heavy (non-hydrogen) atoms. The Hall–Kier alpha value is -1.22. The zero-order valence-electron chi connectivity index (χ0n) is 12.0. The summed E-state index contributed by atoms with van der Waals surface area (Å²) in [4.78, 5) is 13.3. The molecule has 1 N–H and O–H groups in total. The summed E-state index contributed by atoms with van der Waals surface area (Å²) in [6.45, 7) is 0.419. The lowest BCUT2D eigenvalue weighted by Crippen LogP contribution is -2.25. The van der Waals surface area contributed by atoms with Crippen LogP contribution >= 0.6 is 27.3 Å². The van der Waals surface area contributed by atoms with Gasteiger partial charge in [-0.25, -0.2) is 12.7 Å². The van der Waals surface area contributed by atoms with Gasteiger partial charge in [0.05, 0.1) is 11.4 Å². The van der Waals surface area contributed by atoms with E-state index in [-0.39, 0.29) is 10.8 Å². The van der Waals surface area contributed by atoms with E-state index >= 15 is 0 Å². The number of benzene rings is 1. The second kappa shape index (κ2) is 6.91. The first-order chi connectivity index (χ1) is 10.3. The fraction of sp³-hybridized carbons (Fsp3) is 0.214. The van der Waals surface area contributed by atoms with Gasteiger partial charge in [0.2, 0.25) is 10.0 Å². The number of rotatable bonds is 5. The van der Waals surface area contributed by atoms with Crippen molar-refractivity contribution in [1.29, 1.82) is 0 Å². The van der Waals surface area contributed by atoms with Gasteiger partial charge in [-0.05, 0) is 45.6 Å². The summed E-state index contributed by atoms with van der Waals surface area (Å²) in [5, 5.41) is 4.71. The molecular formula is C14H15BrN2O3S2. The van der Waals surface area contributed by atoms with Crippen molar-refractivity contribution in [2.45, 2.75) is 11.4 Å². The molecule has 0 aliphatic carbocycles. The molecule has 8 heteroatoms. The fourth-order valence-electron chi connectivity index (χ4n) is 1.72. The molecule has 1 aromatic carbocycles. The average Bonchev–Trinajstić information content (AvgIpc) is 2.98. The van der Waals surface area contributed by atoms with E-state index in [0.29, 0.717) is 16.6 Å². The molecule has 0 saturated heterocycles. The van der Waals surface area contributed by atoms with Crippen LogP contribution in [0.15, 0.2) is 45.1 Å². The SMILES string of the molecule is CN(C)S(=O)(=O)c1cc(C(=O)NCc2cccs2)ccc1Br. The minimum atomic E-state index is -3.61. The van der Waals surface area contributed by atoms with Crippen molar-refractivity contribution in [3.05, 3.63) is 50.6 Å². The van der Waals surface area contributed by atoms with E-state index in [4.69, 9.17) is 0 Å². The Morgan fingerprint density at radius 1 is 1.32 bits per heavy atom. The Labute approximate surface area is 142 Å². The Balaban J connectivity index is 2.24. The van der Waals surface area contributed by atoms with Crippen LogP contribution in [0, 0.1) is 0 Å². The molecule has 2 rings (SSSR count). The van der Waals surface area contributed by atoms with Crippen LogP contribution in [0.5, 0.6) is 0 Å². The third-order valence-electron chi connectivity index (χ3n) is 2.96. The number of hydrogen-bond acceptors (Lipinski definition) is 4. The monoisotopic (exact) mass is 402 g/mol. The molecule has 1 amide bonds. The summed E-state index contributed by atoms with van der Waals surface area (Å²) in [6.07, 6.45) is 0. The first-order valence-electron chi connectivity index (χ1n) is 6.35. The normalized spacial score (nSPS) is 11.6. The predicted octanol–water partition coefficient (Wildman–Crippen LogP) is 2.69. The molecule has 0 radical (unpaired) electrons. The standard InChI is InChI=1S/C14H15BrN2O3S2/c1-17(2)22(19,20)13-8-10(5-6-12(13)15)14(18)16-9-11-4-3-7-21-11/h3-8H,9H2,1-2H3,(H,16,18). The smallest absolute Gasteiger partial charge is 0.251 e. The number of amides is 1. The van der Waals surface area contributed by atoms with Crippen LogP contribution in [0.3, 0.4) is 0 Å². The maximum Gasteiger partial charge on any atom is 0.251 e. The van der Waals surface area contributed by atoms with Crippen LogP contribution in [-0.2, 0) is 16.6 Å². The lowest BCUT2D eigenvalue weighted by molar-refractivity contribution is 0.0951. The van der Waals surface area contributed by atoms with Gasteiger partial charge >= 0.3 is 0 Å². The fourth-order valence-corrected chi connectivity index (χ4v) is 4.21. The number of sulfonamides is 1. The molecular weight excluding hydrogens is 388 g/mol. The van der Waals surface area contributed by atoms with Gasteiger partial charge in [-0.3, -0.25) is 4.79 Å². The highest BCUT2D eigenvalue weighted by Gasteiger charge is 2.22. The van der Waals surface area contributed by atoms with E-state index in [1.807, 2.05) is 17.5 Å². The Morgan fingerprint density at radius 2 is 2.05 bits per heavy atom. The minimum absolute atomic E-state index is 0.0706. The molecule has 0 atom stereocenters. The lowest BCUT2D eigenvalue weighted by atomic mass is 10.2. The molecule has 2 aromatic rings. The van der Waals surface area contributed by atoms with Crippen molar-refractivity contribution in [1.82, 2.24) is 9.62 Å². The van der Waals surface area contributed by atoms with Crippen LogP contribution in [0.25, 0.3) is 0 Å². The molecule has 0 aliphatic heterocycles. The van der Waals surface area contributed by atoms with Gasteiger partial charge < -0.3 is 5.32 Å². The Morgan fingerprint density at radius 3 is 2.64 bits per heavy atom. The summed E-state index contributed by atoms with van der Waals surface area (Å²) in [5.74, 6) is -0.309. The summed E-state index contributed by atoms with van der Waals surface area (Å²) < 4.78 is 26.0. The molecule has 1 heterocycles. The highest BCUT2D eigenvalue weighted by atomic mass is 79.9. The molecule has 5 nitrogen and oxygen atoms in total. The Bertz CT molecular complexity index is 771. The maximum atomic E-state index is 12.2. The summed E-state index contributed by atoms with van der Waals surface area (Å²) in [5.41, 5.74) is 0.306. The largest absolute Gasteiger partial charge is 0.347 e. The molecule has 0 unspecified atom stereocenters. The molecule has 1 aromatic heterocycles. The second-order valence-electron chi connectivity index (χ2n) is 4.69. The second-order valence-corrected chi connectivity index (χ2v) is 8.70. The summed E-state index contributed by atoms with van der Waals surface area (Å²) in [7, 11) is -0.714. The third-order valence-corrected chi connectivity index (χ3v) is 6.64. The van der Waals surface area contributed by atoms with Crippen LogP contribution in [0.2, 0.25) is 0 Å². The predicted molar refractivity (Wildman–Crippen MR) is 90.5 cm³/mol. The van der Waals surface area contributed by atoms with Crippen molar-refractivity contribution in [3.63, 3.8) is 0 Å². The van der Waals surface area contributed by atoms with Gasteiger partial charge in [0, 0.05) is 29.0 Å². The van der Waals surface area contributed by atoms with Crippen LogP contribution in [0.4, 0.5) is 0 Å². The van der Waals surface area contributed by atoms with Gasteiger partial charge in [0.25, 0.3) is 5.91 Å². The number of nitrogens with one attached hydrogen (secondary N) is 1. The van der Waals surface area contributed by atoms with Crippen molar-refractivity contribution < 1.29 is 13.2 Å². The third kappa shape index (κ3) is 3.75. The van der Waals surface area contributed by atoms with Gasteiger partial charge in [0.15, 0.2) is 0 Å². The molecule has 0 saturated carbocycles. The number of halogens is 1. The average molecular weight is 403 g/mol. The summed E-state index contributed by atoms with van der Waals surface area (Å²) >= 11 is 4.77. The first-order valence-corrected chi connectivity index (χ1v) is 9.46. The Kier molecular flexibility index (Phi) is 5.38. The molecule has 0 fully saturated rings. The first kappa shape index (κ1) is 17.1. The van der Waals surface area contributed by atoms with E-state index in [0.717, 1.165) is 9.18 Å². The van der Waals surface area contributed by atoms with E-state index in [2.05, 4.69) is 21.2 Å². The number of carbonyl (C=O) groups excluding carboxylic acids is 1. The van der Waals surface area contributed by atoms with E-state index in [1.165, 1.54) is 20.2 Å². The highest BCUT2D eigenvalue weighted by molar-refractivity contribution is 9.10. The maximum absolute atomic E-state index is 12.2. The molecule has 118 valence electrons. The van der Waals surface area contributed by atoms with E-state index in [1.54, 1.807) is 23.5 Å². The summed E-state index contributed by atoms with van der Waals surface area (Å²) in [6, 6.07) is 8.37. The van der Waals surface area contributed by atoms with Crippen molar-refractivity contribution in [2.75, 3.05) is 14.1 Å². The molecule has 0 bridgehead atoms. The van der Waals surface area contributed by atoms with Gasteiger partial charge in [-0.2, -0.15) is 0 Å². The van der Waals surface area contributed by atoms with E-state index < -0.39 is 10.0 Å². The van der Waals surface area contributed by atoms with Gasteiger partial charge in [-0.15, -0.1) is 11.3 Å². The zero-order chi connectivity index (χ0) is 16.3. The number of thiophene rings is 1. The minimum Gasteiger partial charge on any atom is -0.347 e. The zero-order valence-corrected chi connectivity index (χ0v) is 15.3. The van der Waals surface area contributed by atoms with Gasteiger partial charge in [-0.1, -0.05) is 6.07 Å². The lowest BCUT2D eigenvalue weighted by Gasteiger charge is -2.14. The highest BCUT2D eigenvalue weighted by Crippen LogP contribution is 2.25. The topological polar surface area (TPSA) is 66.5 Å². The van der Waals surface area contributed by atoms with Crippen molar-refractivity contribution in [2.24, 2.45) is 0 Å². The van der Waals surface area contributed by atoms with Crippen LogP contribution in [-0.4, -0.2) is 32.7 Å². The molecule has 0 aliphatic rings.